The van der Waals surface area contributed by atoms with E-state index in [0.717, 1.165) is 10.7 Å². The van der Waals surface area contributed by atoms with Crippen LogP contribution in [0.2, 0.25) is 0 Å². The van der Waals surface area contributed by atoms with Gasteiger partial charge in [-0.05, 0) is 20.8 Å². The molecule has 2 rings (SSSR count). The van der Waals surface area contributed by atoms with Gasteiger partial charge in [0.15, 0.2) is 0 Å². The van der Waals surface area contributed by atoms with Crippen LogP contribution in [0.25, 0.3) is 0 Å². The minimum absolute atomic E-state index is 0.0426. The molecule has 0 spiro atoms. The first-order valence-electron chi connectivity index (χ1n) is 5.98. The number of nitrogens with zero attached hydrogens (tertiary/aromatic N) is 2. The number of hydrogen-bond donors (Lipinski definition) is 1. The lowest BCUT2D eigenvalue weighted by Crippen LogP contribution is -2.44. The summed E-state index contributed by atoms with van der Waals surface area (Å²) in [5, 5.41) is 5.64. The van der Waals surface area contributed by atoms with Gasteiger partial charge in [0.25, 0.3) is 0 Å². The Bertz CT molecular complexity index is 472. The maximum atomic E-state index is 12.2. The van der Waals surface area contributed by atoms with Crippen molar-refractivity contribution >= 4 is 23.2 Å². The Morgan fingerprint density at radius 3 is 2.83 bits per heavy atom. The molecule has 1 fully saturated rings. The van der Waals surface area contributed by atoms with Crippen molar-refractivity contribution in [2.24, 2.45) is 0 Å². The van der Waals surface area contributed by atoms with Crippen LogP contribution in [0.1, 0.15) is 31.0 Å². The largest absolute Gasteiger partial charge is 0.345 e. The molecule has 98 valence electrons. The van der Waals surface area contributed by atoms with Gasteiger partial charge in [-0.3, -0.25) is 9.59 Å². The highest BCUT2D eigenvalue weighted by atomic mass is 32.1. The number of rotatable bonds is 2. The van der Waals surface area contributed by atoms with E-state index in [1.54, 1.807) is 23.2 Å². The van der Waals surface area contributed by atoms with Crippen molar-refractivity contribution in [1.29, 1.82) is 0 Å². The molecule has 1 aliphatic rings. The lowest BCUT2D eigenvalue weighted by atomic mass is 10.2. The normalized spacial score (nSPS) is 24.9. The Hall–Kier alpha value is -1.43. The van der Waals surface area contributed by atoms with Gasteiger partial charge in [-0.15, -0.1) is 11.3 Å². The van der Waals surface area contributed by atoms with Crippen LogP contribution in [-0.4, -0.2) is 33.8 Å². The minimum atomic E-state index is -0.456. The lowest BCUT2D eigenvalue weighted by Gasteiger charge is -2.27. The van der Waals surface area contributed by atoms with Crippen molar-refractivity contribution in [3.63, 3.8) is 0 Å². The van der Waals surface area contributed by atoms with Gasteiger partial charge in [0.2, 0.25) is 11.8 Å². The van der Waals surface area contributed by atoms with Crippen molar-refractivity contribution in [2.45, 2.75) is 45.8 Å². The molecular formula is C12H17N3O2S. The van der Waals surface area contributed by atoms with E-state index >= 15 is 0 Å². The number of aromatic nitrogens is 1. The van der Waals surface area contributed by atoms with Crippen LogP contribution < -0.4 is 5.32 Å². The second kappa shape index (κ2) is 5.06. The third kappa shape index (κ3) is 2.69. The highest BCUT2D eigenvalue weighted by Gasteiger charge is 2.31. The second-order valence-corrected chi connectivity index (χ2v) is 5.73. The Morgan fingerprint density at radius 2 is 2.22 bits per heavy atom. The van der Waals surface area contributed by atoms with Gasteiger partial charge in [-0.1, -0.05) is 0 Å². The van der Waals surface area contributed by atoms with Gasteiger partial charge in [0.1, 0.15) is 6.04 Å². The molecule has 0 saturated carbocycles. The molecule has 18 heavy (non-hydrogen) atoms. The van der Waals surface area contributed by atoms with Crippen LogP contribution in [0.5, 0.6) is 0 Å². The quantitative estimate of drug-likeness (QED) is 0.872. The molecule has 1 aromatic heterocycles. The summed E-state index contributed by atoms with van der Waals surface area (Å²) in [6, 6.07) is -0.549. The van der Waals surface area contributed by atoms with Crippen LogP contribution in [0, 0.1) is 6.92 Å². The van der Waals surface area contributed by atoms with Crippen molar-refractivity contribution in [3.05, 3.63) is 16.1 Å². The molecule has 2 heterocycles. The molecule has 5 nitrogen and oxygen atoms in total. The summed E-state index contributed by atoms with van der Waals surface area (Å²) in [4.78, 5) is 29.8. The van der Waals surface area contributed by atoms with Crippen molar-refractivity contribution in [3.8, 4) is 0 Å². The fourth-order valence-corrected chi connectivity index (χ4v) is 2.70. The summed E-state index contributed by atoms with van der Waals surface area (Å²) in [5.41, 5.74) is 0.888. The SMILES string of the molecule is Cc1nc(CN2C(=O)C(C)NC(=O)CC2C)cs1. The molecule has 0 radical (unpaired) electrons. The van der Waals surface area contributed by atoms with Gasteiger partial charge < -0.3 is 10.2 Å². The van der Waals surface area contributed by atoms with E-state index in [1.807, 2.05) is 19.2 Å². The van der Waals surface area contributed by atoms with E-state index in [9.17, 15) is 9.59 Å². The van der Waals surface area contributed by atoms with Crippen LogP contribution in [-0.2, 0) is 16.1 Å². The lowest BCUT2D eigenvalue weighted by molar-refractivity contribution is -0.135. The van der Waals surface area contributed by atoms with Crippen LogP contribution >= 0.6 is 11.3 Å². The third-order valence-corrected chi connectivity index (χ3v) is 3.87. The van der Waals surface area contributed by atoms with Gasteiger partial charge in [-0.2, -0.15) is 0 Å². The fourth-order valence-electron chi connectivity index (χ4n) is 2.10. The first kappa shape index (κ1) is 13.0. The van der Waals surface area contributed by atoms with Crippen LogP contribution in [0.4, 0.5) is 0 Å². The van der Waals surface area contributed by atoms with E-state index in [4.69, 9.17) is 0 Å². The summed E-state index contributed by atoms with van der Waals surface area (Å²) in [6.45, 7) is 6.03. The zero-order valence-corrected chi connectivity index (χ0v) is 11.6. The smallest absolute Gasteiger partial charge is 0.245 e. The molecule has 1 aliphatic heterocycles. The van der Waals surface area contributed by atoms with E-state index in [-0.39, 0.29) is 17.9 Å². The molecule has 2 unspecified atom stereocenters. The van der Waals surface area contributed by atoms with Gasteiger partial charge in [0.05, 0.1) is 17.2 Å². The van der Waals surface area contributed by atoms with E-state index in [0.29, 0.717) is 13.0 Å². The Kier molecular flexibility index (Phi) is 3.65. The Labute approximate surface area is 110 Å². The number of amides is 2. The fraction of sp³-hybridized carbons (Fsp3) is 0.583. The Morgan fingerprint density at radius 1 is 1.50 bits per heavy atom. The number of aryl methyl sites for hydroxylation is 1. The van der Waals surface area contributed by atoms with E-state index in [2.05, 4.69) is 10.3 Å². The predicted molar refractivity (Wildman–Crippen MR) is 69.1 cm³/mol. The topological polar surface area (TPSA) is 62.3 Å². The zero-order valence-electron chi connectivity index (χ0n) is 10.8. The molecule has 1 aromatic rings. The molecule has 0 bridgehead atoms. The third-order valence-electron chi connectivity index (χ3n) is 3.04. The average molecular weight is 267 g/mol. The summed E-state index contributed by atoms with van der Waals surface area (Å²) in [7, 11) is 0. The molecule has 2 atom stereocenters. The van der Waals surface area contributed by atoms with Crippen LogP contribution in [0.3, 0.4) is 0 Å². The standard InChI is InChI=1S/C12H17N3O2S/c1-7-4-11(16)13-8(2)12(17)15(7)5-10-6-18-9(3)14-10/h6-8H,4-5H2,1-3H3,(H,13,16). The van der Waals surface area contributed by atoms with Crippen molar-refractivity contribution in [1.82, 2.24) is 15.2 Å². The molecule has 6 heteroatoms. The van der Waals surface area contributed by atoms with Gasteiger partial charge in [-0.25, -0.2) is 4.98 Å². The van der Waals surface area contributed by atoms with E-state index < -0.39 is 6.04 Å². The number of nitrogens with one attached hydrogen (secondary N) is 1. The number of thiazole rings is 1. The number of carbonyl (C=O) groups is 2. The number of hydrogen-bond acceptors (Lipinski definition) is 4. The average Bonchev–Trinajstić information content (AvgIpc) is 2.66. The molecule has 1 saturated heterocycles. The first-order valence-corrected chi connectivity index (χ1v) is 6.86. The molecule has 0 aliphatic carbocycles. The first-order chi connectivity index (χ1) is 8.47. The summed E-state index contributed by atoms with van der Waals surface area (Å²) in [6.07, 6.45) is 0.346. The van der Waals surface area contributed by atoms with Gasteiger partial charge >= 0.3 is 0 Å². The summed E-state index contributed by atoms with van der Waals surface area (Å²) >= 11 is 1.57. The molecular weight excluding hydrogens is 250 g/mol. The summed E-state index contributed by atoms with van der Waals surface area (Å²) < 4.78 is 0. The summed E-state index contributed by atoms with van der Waals surface area (Å²) in [5.74, 6) is -0.112. The molecule has 2 amide bonds. The van der Waals surface area contributed by atoms with E-state index in [1.165, 1.54) is 0 Å². The number of carbonyl (C=O) groups excluding carboxylic acids is 2. The highest BCUT2D eigenvalue weighted by molar-refractivity contribution is 7.09. The predicted octanol–water partition coefficient (Wildman–Crippen LogP) is 1.08. The highest BCUT2D eigenvalue weighted by Crippen LogP contribution is 2.17. The maximum Gasteiger partial charge on any atom is 0.245 e. The van der Waals surface area contributed by atoms with Gasteiger partial charge in [0, 0.05) is 17.8 Å². The van der Waals surface area contributed by atoms with Crippen molar-refractivity contribution < 1.29 is 9.59 Å². The monoisotopic (exact) mass is 267 g/mol. The maximum absolute atomic E-state index is 12.2. The molecule has 0 aromatic carbocycles. The Balaban J connectivity index is 2.18. The molecule has 1 N–H and O–H groups in total. The van der Waals surface area contributed by atoms with Crippen molar-refractivity contribution in [2.75, 3.05) is 0 Å². The van der Waals surface area contributed by atoms with Crippen LogP contribution in [0.15, 0.2) is 5.38 Å². The zero-order chi connectivity index (χ0) is 13.3. The minimum Gasteiger partial charge on any atom is -0.345 e. The second-order valence-electron chi connectivity index (χ2n) is 4.67.